The fraction of sp³-hybridized carbons (Fsp3) is 0.684. The quantitative estimate of drug-likeness (QED) is 0.832. The maximum atomic E-state index is 6.11. The fourth-order valence-corrected chi connectivity index (χ4v) is 3.69. The van der Waals surface area contributed by atoms with E-state index in [-0.39, 0.29) is 24.4 Å². The molecule has 3 saturated heterocycles. The molecule has 0 spiro atoms. The van der Waals surface area contributed by atoms with Crippen molar-refractivity contribution in [3.05, 3.63) is 35.9 Å². The molecule has 0 radical (unpaired) electrons. The van der Waals surface area contributed by atoms with Gasteiger partial charge >= 0.3 is 0 Å². The highest BCUT2D eigenvalue weighted by Gasteiger charge is 2.60. The molecule has 3 fully saturated rings. The van der Waals surface area contributed by atoms with Crippen LogP contribution in [0, 0.1) is 0 Å². The molecule has 25 heavy (non-hydrogen) atoms. The first-order valence-electron chi connectivity index (χ1n) is 8.81. The summed E-state index contributed by atoms with van der Waals surface area (Å²) in [6.07, 6.45) is -1.52. The van der Waals surface area contributed by atoms with Crippen molar-refractivity contribution in [2.75, 3.05) is 6.61 Å². The van der Waals surface area contributed by atoms with Crippen molar-refractivity contribution < 1.29 is 28.4 Å². The van der Waals surface area contributed by atoms with Crippen molar-refractivity contribution in [1.29, 1.82) is 0 Å². The molecule has 3 heterocycles. The lowest BCUT2D eigenvalue weighted by Crippen LogP contribution is -2.56. The van der Waals surface area contributed by atoms with Crippen LogP contribution >= 0.6 is 0 Å². The zero-order chi connectivity index (χ0) is 17.7. The van der Waals surface area contributed by atoms with Crippen LogP contribution in [0.5, 0.6) is 0 Å². The van der Waals surface area contributed by atoms with Gasteiger partial charge in [0.2, 0.25) is 0 Å². The third-order valence-electron chi connectivity index (χ3n) is 4.64. The molecule has 6 nitrogen and oxygen atoms in total. The van der Waals surface area contributed by atoms with Crippen molar-refractivity contribution in [2.45, 2.75) is 76.6 Å². The van der Waals surface area contributed by atoms with E-state index in [9.17, 15) is 0 Å². The molecule has 0 bridgehead atoms. The summed E-state index contributed by atoms with van der Waals surface area (Å²) in [5.41, 5.74) is 1.12. The lowest BCUT2D eigenvalue weighted by molar-refractivity contribution is -0.243. The molecule has 0 aliphatic carbocycles. The molecule has 0 aromatic heterocycles. The van der Waals surface area contributed by atoms with E-state index in [1.807, 2.05) is 58.0 Å². The molecule has 0 N–H and O–H groups in total. The molecular formula is C19H26O6. The second-order valence-electron chi connectivity index (χ2n) is 7.71. The molecule has 1 aromatic carbocycles. The summed E-state index contributed by atoms with van der Waals surface area (Å²) in [5.74, 6) is -1.38. The summed E-state index contributed by atoms with van der Waals surface area (Å²) in [7, 11) is 0. The van der Waals surface area contributed by atoms with Gasteiger partial charge in [0, 0.05) is 0 Å². The summed E-state index contributed by atoms with van der Waals surface area (Å²) in [4.78, 5) is 0. The van der Waals surface area contributed by atoms with Crippen LogP contribution in [0.15, 0.2) is 30.3 Å². The average molecular weight is 350 g/mol. The van der Waals surface area contributed by atoms with Gasteiger partial charge < -0.3 is 28.4 Å². The number of fused-ring (bicyclic) bond motifs is 3. The molecule has 0 amide bonds. The summed E-state index contributed by atoms with van der Waals surface area (Å²) >= 11 is 0. The van der Waals surface area contributed by atoms with Crippen molar-refractivity contribution >= 4 is 0 Å². The number of rotatable bonds is 4. The van der Waals surface area contributed by atoms with E-state index < -0.39 is 17.9 Å². The molecule has 0 unspecified atom stereocenters. The lowest BCUT2D eigenvalue weighted by atomic mass is 9.99. The first kappa shape index (κ1) is 17.4. The smallest absolute Gasteiger partial charge is 0.190 e. The van der Waals surface area contributed by atoms with E-state index in [1.165, 1.54) is 0 Å². The van der Waals surface area contributed by atoms with E-state index in [0.717, 1.165) is 5.56 Å². The van der Waals surface area contributed by atoms with Gasteiger partial charge in [-0.05, 0) is 33.3 Å². The Labute approximate surface area is 148 Å². The second-order valence-corrected chi connectivity index (χ2v) is 7.71. The van der Waals surface area contributed by atoms with E-state index in [1.54, 1.807) is 0 Å². The second kappa shape index (κ2) is 6.30. The fourth-order valence-electron chi connectivity index (χ4n) is 3.69. The average Bonchev–Trinajstić information content (AvgIpc) is 3.03. The van der Waals surface area contributed by atoms with E-state index >= 15 is 0 Å². The predicted molar refractivity (Wildman–Crippen MR) is 88.6 cm³/mol. The van der Waals surface area contributed by atoms with Gasteiger partial charge in [-0.25, -0.2) is 0 Å². The van der Waals surface area contributed by atoms with Crippen LogP contribution in [0.2, 0.25) is 0 Å². The Hall–Kier alpha value is -1.02. The van der Waals surface area contributed by atoms with Gasteiger partial charge in [0.25, 0.3) is 0 Å². The maximum absolute atomic E-state index is 6.11. The molecule has 0 saturated carbocycles. The molecule has 5 atom stereocenters. The highest BCUT2D eigenvalue weighted by Crippen LogP contribution is 2.44. The Morgan fingerprint density at radius 2 is 1.48 bits per heavy atom. The van der Waals surface area contributed by atoms with Gasteiger partial charge in [-0.15, -0.1) is 0 Å². The first-order chi connectivity index (χ1) is 11.8. The minimum absolute atomic E-state index is 0.235. The maximum Gasteiger partial charge on any atom is 0.190 e. The minimum atomic E-state index is -0.699. The molecular weight excluding hydrogens is 324 g/mol. The van der Waals surface area contributed by atoms with E-state index in [2.05, 4.69) is 0 Å². The minimum Gasteiger partial charge on any atom is -0.374 e. The molecule has 4 rings (SSSR count). The molecule has 3 aliphatic rings. The van der Waals surface area contributed by atoms with Crippen molar-refractivity contribution in [3.8, 4) is 0 Å². The third-order valence-corrected chi connectivity index (χ3v) is 4.64. The van der Waals surface area contributed by atoms with Crippen LogP contribution in [-0.4, -0.2) is 48.9 Å². The van der Waals surface area contributed by atoms with E-state index in [4.69, 9.17) is 28.4 Å². The van der Waals surface area contributed by atoms with Crippen molar-refractivity contribution in [2.24, 2.45) is 0 Å². The van der Waals surface area contributed by atoms with Crippen LogP contribution in [0.4, 0.5) is 0 Å². The number of benzene rings is 1. The number of ether oxygens (including phenoxy) is 6. The van der Waals surface area contributed by atoms with Crippen molar-refractivity contribution in [1.82, 2.24) is 0 Å². The lowest BCUT2D eigenvalue weighted by Gasteiger charge is -2.37. The Morgan fingerprint density at radius 3 is 2.24 bits per heavy atom. The predicted octanol–water partition coefficient (Wildman–Crippen LogP) is 2.60. The SMILES string of the molecule is CC1(C)O[C@H]2O[C@H](COCc3ccccc3)[C@H]3OC(C)(C)O[C@@H]3[C@H]2O1. The van der Waals surface area contributed by atoms with Gasteiger partial charge in [-0.3, -0.25) is 0 Å². The van der Waals surface area contributed by atoms with Gasteiger partial charge in [-0.1, -0.05) is 30.3 Å². The molecule has 6 heteroatoms. The van der Waals surface area contributed by atoms with Gasteiger partial charge in [0.05, 0.1) is 13.2 Å². The Kier molecular flexibility index (Phi) is 4.38. The van der Waals surface area contributed by atoms with Gasteiger partial charge in [0.15, 0.2) is 17.9 Å². The topological polar surface area (TPSA) is 55.4 Å². The first-order valence-corrected chi connectivity index (χ1v) is 8.81. The Balaban J connectivity index is 1.44. The summed E-state index contributed by atoms with van der Waals surface area (Å²) < 4.78 is 36.0. The monoisotopic (exact) mass is 350 g/mol. The van der Waals surface area contributed by atoms with Crippen LogP contribution in [0.3, 0.4) is 0 Å². The van der Waals surface area contributed by atoms with Gasteiger partial charge in [0.1, 0.15) is 24.4 Å². The van der Waals surface area contributed by atoms with Crippen LogP contribution in [0.25, 0.3) is 0 Å². The van der Waals surface area contributed by atoms with Crippen LogP contribution in [-0.2, 0) is 35.0 Å². The summed E-state index contributed by atoms with van der Waals surface area (Å²) in [6.45, 7) is 8.51. The highest BCUT2D eigenvalue weighted by atomic mass is 16.9. The normalized spacial score (nSPS) is 38.3. The molecule has 1 aromatic rings. The number of hydrogen-bond acceptors (Lipinski definition) is 6. The zero-order valence-electron chi connectivity index (χ0n) is 15.1. The third kappa shape index (κ3) is 3.60. The summed E-state index contributed by atoms with van der Waals surface area (Å²) in [6, 6.07) is 10.1. The van der Waals surface area contributed by atoms with Crippen molar-refractivity contribution in [3.63, 3.8) is 0 Å². The Bertz CT molecular complexity index is 601. The largest absolute Gasteiger partial charge is 0.374 e. The molecule has 3 aliphatic heterocycles. The molecule has 138 valence electrons. The van der Waals surface area contributed by atoms with Gasteiger partial charge in [-0.2, -0.15) is 0 Å². The van der Waals surface area contributed by atoms with Crippen LogP contribution < -0.4 is 0 Å². The highest BCUT2D eigenvalue weighted by molar-refractivity contribution is 5.13. The van der Waals surface area contributed by atoms with E-state index in [0.29, 0.717) is 13.2 Å². The number of hydrogen-bond donors (Lipinski definition) is 0. The summed E-state index contributed by atoms with van der Waals surface area (Å²) in [5, 5.41) is 0. The standard InChI is InChI=1S/C19H26O6/c1-18(2)22-14-13(11-20-10-12-8-6-5-7-9-12)21-17-16(15(14)23-18)24-19(3,4)25-17/h5-9,13-17H,10-11H2,1-4H3/t13-,14-,15+,16-,17-/m1/s1. The van der Waals surface area contributed by atoms with Crippen LogP contribution in [0.1, 0.15) is 33.3 Å². The zero-order valence-corrected chi connectivity index (χ0v) is 15.1. The Morgan fingerprint density at radius 1 is 0.840 bits per heavy atom.